The summed E-state index contributed by atoms with van der Waals surface area (Å²) in [7, 11) is 0. The van der Waals surface area contributed by atoms with Crippen molar-refractivity contribution < 1.29 is 4.79 Å². The minimum Gasteiger partial charge on any atom is -0.276 e. The molecular weight excluding hydrogens is 245 g/mol. The molecule has 4 heteroatoms. The molecule has 2 nitrogen and oxygen atoms in total. The lowest BCUT2D eigenvalue weighted by Gasteiger charge is -2.03. The van der Waals surface area contributed by atoms with E-state index in [1.807, 2.05) is 30.3 Å². The fourth-order valence-corrected chi connectivity index (χ4v) is 1.73. The Morgan fingerprint density at radius 3 is 2.44 bits per heavy atom. The van der Waals surface area contributed by atoms with E-state index in [0.717, 1.165) is 5.56 Å². The topological polar surface area (TPSA) is 30.0 Å². The van der Waals surface area contributed by atoms with E-state index in [-0.39, 0.29) is 0 Å². The summed E-state index contributed by atoms with van der Waals surface area (Å²) >= 11 is 11.4. The molecule has 0 spiro atoms. The fourth-order valence-electron chi connectivity index (χ4n) is 1.35. The van der Waals surface area contributed by atoms with Crippen LogP contribution in [0.25, 0.3) is 11.3 Å². The van der Waals surface area contributed by atoms with Gasteiger partial charge >= 0.3 is 0 Å². The van der Waals surface area contributed by atoms with Gasteiger partial charge in [0.2, 0.25) is 0 Å². The highest BCUT2D eigenvalue weighted by molar-refractivity contribution is 6.67. The van der Waals surface area contributed by atoms with Crippen LogP contribution in [0.3, 0.4) is 0 Å². The summed E-state index contributed by atoms with van der Waals surface area (Å²) in [4.78, 5) is 15.0. The van der Waals surface area contributed by atoms with Crippen LogP contribution < -0.4 is 0 Å². The predicted octanol–water partition coefficient (Wildman–Crippen LogP) is 3.78. The first-order chi connectivity index (χ1) is 7.68. The van der Waals surface area contributed by atoms with Crippen molar-refractivity contribution >= 4 is 28.4 Å². The fraction of sp³-hybridized carbons (Fsp3) is 0. The van der Waals surface area contributed by atoms with Crippen molar-refractivity contribution in [1.82, 2.24) is 4.98 Å². The van der Waals surface area contributed by atoms with Crippen LogP contribution in [0.2, 0.25) is 5.02 Å². The maximum Gasteiger partial charge on any atom is 0.253 e. The number of hydrogen-bond donors (Lipinski definition) is 0. The van der Waals surface area contributed by atoms with Gasteiger partial charge in [0, 0.05) is 11.8 Å². The molecule has 0 fully saturated rings. The number of carbonyl (C=O) groups is 1. The van der Waals surface area contributed by atoms with Crippen LogP contribution in [-0.2, 0) is 0 Å². The number of benzene rings is 1. The third kappa shape index (κ3) is 2.23. The number of carbonyl (C=O) groups excluding carboxylic acids is 1. The van der Waals surface area contributed by atoms with Crippen LogP contribution >= 0.6 is 23.2 Å². The van der Waals surface area contributed by atoms with Crippen LogP contribution in [-0.4, -0.2) is 10.2 Å². The van der Waals surface area contributed by atoms with E-state index in [1.165, 1.54) is 12.3 Å². The maximum atomic E-state index is 10.9. The van der Waals surface area contributed by atoms with Crippen LogP contribution in [0.4, 0.5) is 0 Å². The van der Waals surface area contributed by atoms with Gasteiger partial charge in [-0.15, -0.1) is 0 Å². The molecule has 0 unspecified atom stereocenters. The quantitative estimate of drug-likeness (QED) is 0.761. The summed E-state index contributed by atoms with van der Waals surface area (Å²) in [5.74, 6) is 0. The van der Waals surface area contributed by atoms with Gasteiger partial charge in [-0.1, -0.05) is 41.9 Å². The minimum atomic E-state index is -0.561. The lowest BCUT2D eigenvalue weighted by molar-refractivity contribution is 0.108. The molecule has 2 rings (SSSR count). The molecule has 0 bridgehead atoms. The standard InChI is InChI=1S/C12H7Cl2NO/c13-10-6-9(12(14)16)7-15-11(10)8-4-2-1-3-5-8/h1-7H. The van der Waals surface area contributed by atoms with Crippen LogP contribution in [0.1, 0.15) is 10.4 Å². The molecule has 0 aliphatic rings. The van der Waals surface area contributed by atoms with Gasteiger partial charge in [0.25, 0.3) is 5.24 Å². The molecule has 1 aromatic heterocycles. The first kappa shape index (κ1) is 11.1. The van der Waals surface area contributed by atoms with Crippen LogP contribution in [0.5, 0.6) is 0 Å². The van der Waals surface area contributed by atoms with Crippen molar-refractivity contribution in [3.8, 4) is 11.3 Å². The molecule has 0 amide bonds. The number of pyridine rings is 1. The number of rotatable bonds is 2. The van der Waals surface area contributed by atoms with Gasteiger partial charge in [-0.25, -0.2) is 0 Å². The van der Waals surface area contributed by atoms with Crippen molar-refractivity contribution in [2.45, 2.75) is 0 Å². The van der Waals surface area contributed by atoms with Crippen LogP contribution in [0, 0.1) is 0 Å². The predicted molar refractivity (Wildman–Crippen MR) is 64.9 cm³/mol. The van der Waals surface area contributed by atoms with Gasteiger partial charge in [0.15, 0.2) is 0 Å². The summed E-state index contributed by atoms with van der Waals surface area (Å²) < 4.78 is 0. The summed E-state index contributed by atoms with van der Waals surface area (Å²) in [6, 6.07) is 11.0. The van der Waals surface area contributed by atoms with Gasteiger partial charge < -0.3 is 0 Å². The number of hydrogen-bond acceptors (Lipinski definition) is 2. The van der Waals surface area contributed by atoms with Gasteiger partial charge in [0.05, 0.1) is 16.3 Å². The molecule has 0 N–H and O–H groups in total. The average Bonchev–Trinajstić information content (AvgIpc) is 2.30. The van der Waals surface area contributed by atoms with Crippen molar-refractivity contribution in [2.75, 3.05) is 0 Å². The first-order valence-electron chi connectivity index (χ1n) is 4.59. The smallest absolute Gasteiger partial charge is 0.253 e. The Morgan fingerprint density at radius 2 is 1.88 bits per heavy atom. The van der Waals surface area contributed by atoms with E-state index in [4.69, 9.17) is 23.2 Å². The zero-order valence-electron chi connectivity index (χ0n) is 8.15. The van der Waals surface area contributed by atoms with Gasteiger partial charge in [0.1, 0.15) is 0 Å². The molecule has 0 aliphatic carbocycles. The third-order valence-electron chi connectivity index (χ3n) is 2.12. The molecule has 0 aliphatic heterocycles. The maximum absolute atomic E-state index is 10.9. The first-order valence-corrected chi connectivity index (χ1v) is 5.35. The summed E-state index contributed by atoms with van der Waals surface area (Å²) in [6.07, 6.45) is 1.42. The molecule has 0 radical (unpaired) electrons. The Labute approximate surface area is 103 Å². The van der Waals surface area contributed by atoms with Crippen molar-refractivity contribution in [3.05, 3.63) is 53.2 Å². The SMILES string of the molecule is O=C(Cl)c1cnc(-c2ccccc2)c(Cl)c1. The van der Waals surface area contributed by atoms with Crippen molar-refractivity contribution in [2.24, 2.45) is 0 Å². The highest BCUT2D eigenvalue weighted by atomic mass is 35.5. The third-order valence-corrected chi connectivity index (χ3v) is 2.62. The summed E-state index contributed by atoms with van der Waals surface area (Å²) in [6.45, 7) is 0. The zero-order valence-corrected chi connectivity index (χ0v) is 9.66. The lowest BCUT2D eigenvalue weighted by atomic mass is 10.1. The molecule has 1 heterocycles. The number of aromatic nitrogens is 1. The highest BCUT2D eigenvalue weighted by Crippen LogP contribution is 2.26. The highest BCUT2D eigenvalue weighted by Gasteiger charge is 2.08. The van der Waals surface area contributed by atoms with E-state index in [0.29, 0.717) is 16.3 Å². The monoisotopic (exact) mass is 251 g/mol. The molecule has 80 valence electrons. The molecule has 2 aromatic rings. The van der Waals surface area contributed by atoms with Gasteiger partial charge in [-0.2, -0.15) is 0 Å². The Balaban J connectivity index is 2.48. The van der Waals surface area contributed by atoms with Gasteiger partial charge in [-0.3, -0.25) is 9.78 Å². The van der Waals surface area contributed by atoms with Crippen LogP contribution in [0.15, 0.2) is 42.6 Å². The molecule has 16 heavy (non-hydrogen) atoms. The van der Waals surface area contributed by atoms with Gasteiger partial charge in [-0.05, 0) is 17.7 Å². The molecule has 0 saturated carbocycles. The Kier molecular flexibility index (Phi) is 3.22. The minimum absolute atomic E-state index is 0.298. The summed E-state index contributed by atoms with van der Waals surface area (Å²) in [5, 5.41) is -0.147. The second-order valence-corrected chi connectivity index (χ2v) is 3.94. The molecule has 1 aromatic carbocycles. The average molecular weight is 252 g/mol. The molecule has 0 saturated heterocycles. The zero-order chi connectivity index (χ0) is 11.5. The number of halogens is 2. The second kappa shape index (κ2) is 4.64. The summed E-state index contributed by atoms with van der Waals surface area (Å²) in [5.41, 5.74) is 1.84. The Morgan fingerprint density at radius 1 is 1.19 bits per heavy atom. The van der Waals surface area contributed by atoms with E-state index < -0.39 is 5.24 Å². The normalized spacial score (nSPS) is 10.1. The van der Waals surface area contributed by atoms with E-state index >= 15 is 0 Å². The lowest BCUT2D eigenvalue weighted by Crippen LogP contribution is -1.92. The number of nitrogens with zero attached hydrogens (tertiary/aromatic N) is 1. The van der Waals surface area contributed by atoms with Crippen molar-refractivity contribution in [3.63, 3.8) is 0 Å². The van der Waals surface area contributed by atoms with E-state index in [9.17, 15) is 4.79 Å². The second-order valence-electron chi connectivity index (χ2n) is 3.19. The molecule has 0 atom stereocenters. The Bertz CT molecular complexity index is 526. The molecular formula is C12H7Cl2NO. The van der Waals surface area contributed by atoms with E-state index in [1.54, 1.807) is 0 Å². The Hall–Kier alpha value is -1.38. The van der Waals surface area contributed by atoms with E-state index in [2.05, 4.69) is 4.98 Å². The largest absolute Gasteiger partial charge is 0.276 e. The van der Waals surface area contributed by atoms with Crippen molar-refractivity contribution in [1.29, 1.82) is 0 Å².